The van der Waals surface area contributed by atoms with E-state index in [9.17, 15) is 4.79 Å². The Labute approximate surface area is 123 Å². The van der Waals surface area contributed by atoms with E-state index in [2.05, 4.69) is 10.2 Å². The van der Waals surface area contributed by atoms with E-state index in [0.29, 0.717) is 16.6 Å². The number of nitrogens with one attached hydrogen (secondary N) is 1. The third-order valence-corrected chi connectivity index (χ3v) is 4.19. The summed E-state index contributed by atoms with van der Waals surface area (Å²) in [5.74, 6) is -0.00995. The second-order valence-corrected chi connectivity index (χ2v) is 5.68. The minimum absolute atomic E-state index is 0.00995. The van der Waals surface area contributed by atoms with Gasteiger partial charge >= 0.3 is 0 Å². The summed E-state index contributed by atoms with van der Waals surface area (Å²) in [4.78, 5) is 13.5. The van der Waals surface area contributed by atoms with Crippen molar-refractivity contribution in [2.45, 2.75) is 25.8 Å². The van der Waals surface area contributed by atoms with Crippen LogP contribution in [0.15, 0.2) is 18.2 Å². The van der Waals surface area contributed by atoms with Crippen molar-refractivity contribution in [1.29, 1.82) is 0 Å². The molecule has 1 atom stereocenters. The summed E-state index contributed by atoms with van der Waals surface area (Å²) in [6, 6.07) is 5.87. The first-order valence-electron chi connectivity index (χ1n) is 6.51. The van der Waals surface area contributed by atoms with Gasteiger partial charge in [0.25, 0.3) is 0 Å². The minimum Gasteiger partial charge on any atom is -0.354 e. The van der Waals surface area contributed by atoms with Crippen molar-refractivity contribution in [3.8, 4) is 0 Å². The van der Waals surface area contributed by atoms with Crippen LogP contribution < -0.4 is 5.32 Å². The first-order chi connectivity index (χ1) is 9.08. The highest BCUT2D eigenvalue weighted by Crippen LogP contribution is 2.30. The molecule has 0 spiro atoms. The first-order valence-corrected chi connectivity index (χ1v) is 7.27. The Balaban J connectivity index is 2.19. The molecule has 1 N–H and O–H groups in total. The summed E-state index contributed by atoms with van der Waals surface area (Å²) in [6.07, 6.45) is 2.41. The fraction of sp³-hybridized carbons (Fsp3) is 0.500. The molecular formula is C14H18Cl2N2O. The first kappa shape index (κ1) is 14.6. The lowest BCUT2D eigenvalue weighted by Crippen LogP contribution is -2.35. The molecule has 104 valence electrons. The number of halogens is 2. The molecule has 1 aromatic rings. The van der Waals surface area contributed by atoms with Crippen LogP contribution in [0.25, 0.3) is 0 Å². The fourth-order valence-corrected chi connectivity index (χ4v) is 2.78. The molecule has 1 unspecified atom stereocenters. The third-order valence-electron chi connectivity index (χ3n) is 3.45. The van der Waals surface area contributed by atoms with Gasteiger partial charge in [0, 0.05) is 13.5 Å². The Morgan fingerprint density at radius 1 is 1.32 bits per heavy atom. The van der Waals surface area contributed by atoms with E-state index < -0.39 is 0 Å². The van der Waals surface area contributed by atoms with E-state index in [0.717, 1.165) is 18.7 Å². The predicted molar refractivity (Wildman–Crippen MR) is 78.7 cm³/mol. The van der Waals surface area contributed by atoms with Gasteiger partial charge in [-0.05, 0) is 43.6 Å². The number of hydrogen-bond acceptors (Lipinski definition) is 2. The summed E-state index contributed by atoms with van der Waals surface area (Å²) >= 11 is 12.0. The average molecular weight is 301 g/mol. The topological polar surface area (TPSA) is 32.3 Å². The van der Waals surface area contributed by atoms with Crippen LogP contribution in [0.4, 0.5) is 0 Å². The average Bonchev–Trinajstić information content (AvgIpc) is 2.87. The standard InChI is InChI=1S/C14H18Cl2N2O/c1-10(19)17-9-14(18-6-2-3-7-18)11-4-5-12(15)13(16)8-11/h4-5,8,14H,2-3,6-7,9H2,1H3,(H,17,19). The summed E-state index contributed by atoms with van der Waals surface area (Å²) < 4.78 is 0. The van der Waals surface area contributed by atoms with Crippen LogP contribution in [-0.2, 0) is 4.79 Å². The van der Waals surface area contributed by atoms with Crippen LogP contribution >= 0.6 is 23.2 Å². The van der Waals surface area contributed by atoms with Crippen LogP contribution in [0.1, 0.15) is 31.4 Å². The van der Waals surface area contributed by atoms with Gasteiger partial charge in [0.1, 0.15) is 0 Å². The second-order valence-electron chi connectivity index (χ2n) is 4.87. The minimum atomic E-state index is -0.00995. The molecule has 1 saturated heterocycles. The SMILES string of the molecule is CC(=O)NCC(c1ccc(Cl)c(Cl)c1)N1CCCC1. The van der Waals surface area contributed by atoms with Crippen LogP contribution in [0, 0.1) is 0 Å². The number of rotatable bonds is 4. The third kappa shape index (κ3) is 3.85. The highest BCUT2D eigenvalue weighted by Gasteiger charge is 2.24. The zero-order chi connectivity index (χ0) is 13.8. The molecule has 19 heavy (non-hydrogen) atoms. The van der Waals surface area contributed by atoms with Crippen molar-refractivity contribution in [1.82, 2.24) is 10.2 Å². The largest absolute Gasteiger partial charge is 0.354 e. The van der Waals surface area contributed by atoms with Gasteiger partial charge in [0.2, 0.25) is 5.91 Å². The molecule has 1 aromatic carbocycles. The Hall–Kier alpha value is -0.770. The molecule has 0 radical (unpaired) electrons. The molecule has 0 aromatic heterocycles. The Morgan fingerprint density at radius 3 is 2.58 bits per heavy atom. The van der Waals surface area contributed by atoms with Crippen molar-refractivity contribution in [3.05, 3.63) is 33.8 Å². The number of nitrogens with zero attached hydrogens (tertiary/aromatic N) is 1. The van der Waals surface area contributed by atoms with Crippen LogP contribution in [0.2, 0.25) is 10.0 Å². The maximum absolute atomic E-state index is 11.1. The van der Waals surface area contributed by atoms with E-state index in [1.807, 2.05) is 18.2 Å². The lowest BCUT2D eigenvalue weighted by atomic mass is 10.1. The molecule has 1 aliphatic heterocycles. The van der Waals surface area contributed by atoms with Crippen molar-refractivity contribution in [2.24, 2.45) is 0 Å². The molecule has 3 nitrogen and oxygen atoms in total. The molecule has 1 amide bonds. The van der Waals surface area contributed by atoms with Gasteiger partial charge < -0.3 is 5.32 Å². The highest BCUT2D eigenvalue weighted by atomic mass is 35.5. The number of carbonyl (C=O) groups is 1. The van der Waals surface area contributed by atoms with Crippen molar-refractivity contribution < 1.29 is 4.79 Å². The lowest BCUT2D eigenvalue weighted by Gasteiger charge is -2.28. The van der Waals surface area contributed by atoms with Gasteiger partial charge in [-0.15, -0.1) is 0 Å². The zero-order valence-electron chi connectivity index (χ0n) is 11.0. The summed E-state index contributed by atoms with van der Waals surface area (Å²) in [5.41, 5.74) is 1.10. The van der Waals surface area contributed by atoms with Crippen molar-refractivity contribution in [3.63, 3.8) is 0 Å². The molecule has 1 fully saturated rings. The van der Waals surface area contributed by atoms with Crippen LogP contribution in [0.5, 0.6) is 0 Å². The van der Waals surface area contributed by atoms with Crippen molar-refractivity contribution >= 4 is 29.1 Å². The molecule has 1 heterocycles. The Morgan fingerprint density at radius 2 is 2.00 bits per heavy atom. The monoisotopic (exact) mass is 300 g/mol. The Kier molecular flexibility index (Phi) is 5.08. The van der Waals surface area contributed by atoms with Gasteiger partial charge in [-0.2, -0.15) is 0 Å². The Bertz CT molecular complexity index is 459. The number of hydrogen-bond donors (Lipinski definition) is 1. The summed E-state index contributed by atoms with van der Waals surface area (Å²) in [6.45, 7) is 4.26. The molecule has 0 bridgehead atoms. The normalized spacial score (nSPS) is 17.4. The molecule has 2 rings (SSSR count). The lowest BCUT2D eigenvalue weighted by molar-refractivity contribution is -0.119. The van der Waals surface area contributed by atoms with Gasteiger partial charge in [0.05, 0.1) is 16.1 Å². The quantitative estimate of drug-likeness (QED) is 0.925. The van der Waals surface area contributed by atoms with Gasteiger partial charge in [-0.25, -0.2) is 0 Å². The molecular weight excluding hydrogens is 283 g/mol. The summed E-state index contributed by atoms with van der Waals surface area (Å²) in [5, 5.41) is 4.02. The van der Waals surface area contributed by atoms with Gasteiger partial charge in [-0.3, -0.25) is 9.69 Å². The van der Waals surface area contributed by atoms with E-state index in [4.69, 9.17) is 23.2 Å². The van der Waals surface area contributed by atoms with E-state index in [-0.39, 0.29) is 11.9 Å². The highest BCUT2D eigenvalue weighted by molar-refractivity contribution is 6.42. The van der Waals surface area contributed by atoms with Crippen LogP contribution in [0.3, 0.4) is 0 Å². The predicted octanol–water partition coefficient (Wildman–Crippen LogP) is 3.27. The van der Waals surface area contributed by atoms with Crippen LogP contribution in [-0.4, -0.2) is 30.4 Å². The molecule has 0 saturated carbocycles. The smallest absolute Gasteiger partial charge is 0.216 e. The van der Waals surface area contributed by atoms with E-state index in [1.54, 1.807) is 0 Å². The number of benzene rings is 1. The van der Waals surface area contributed by atoms with E-state index >= 15 is 0 Å². The number of amides is 1. The molecule has 0 aliphatic carbocycles. The zero-order valence-corrected chi connectivity index (χ0v) is 12.5. The number of carbonyl (C=O) groups excluding carboxylic acids is 1. The van der Waals surface area contributed by atoms with E-state index in [1.165, 1.54) is 19.8 Å². The molecule has 1 aliphatic rings. The maximum Gasteiger partial charge on any atom is 0.216 e. The van der Waals surface area contributed by atoms with Gasteiger partial charge in [0.15, 0.2) is 0 Å². The maximum atomic E-state index is 11.1. The van der Waals surface area contributed by atoms with Crippen molar-refractivity contribution in [2.75, 3.05) is 19.6 Å². The molecule has 5 heteroatoms. The summed E-state index contributed by atoms with van der Waals surface area (Å²) in [7, 11) is 0. The second kappa shape index (κ2) is 6.60. The number of likely N-dealkylation sites (tertiary alicyclic amines) is 1. The van der Waals surface area contributed by atoms with Gasteiger partial charge in [-0.1, -0.05) is 29.3 Å². The fourth-order valence-electron chi connectivity index (χ4n) is 2.47.